The van der Waals surface area contributed by atoms with Crippen LogP contribution in [0, 0.1) is 6.92 Å². The molecule has 1 aromatic heterocycles. The molecule has 0 unspecified atom stereocenters. The molecule has 1 heterocycles. The minimum Gasteiger partial charge on any atom is -0.394 e. The second-order valence-corrected chi connectivity index (χ2v) is 4.11. The van der Waals surface area contributed by atoms with Crippen molar-refractivity contribution >= 4 is 11.6 Å². The molecule has 7 nitrogen and oxygen atoms in total. The highest BCUT2D eigenvalue weighted by Gasteiger charge is 2.29. The van der Waals surface area contributed by atoms with Crippen molar-refractivity contribution in [2.45, 2.75) is 19.4 Å². The lowest BCUT2D eigenvalue weighted by Gasteiger charge is -2.30. The molecule has 0 fully saturated rings. The van der Waals surface area contributed by atoms with E-state index in [1.807, 2.05) is 13.8 Å². The average Bonchev–Trinajstić information content (AvgIpc) is 2.41. The van der Waals surface area contributed by atoms with Gasteiger partial charge >= 0.3 is 0 Å². The average molecular weight is 256 g/mol. The van der Waals surface area contributed by atoms with Crippen molar-refractivity contribution in [2.24, 2.45) is 0 Å². The molecule has 0 aliphatic heterocycles. The Kier molecular flexibility index (Phi) is 5.26. The first-order chi connectivity index (χ1) is 8.62. The number of hydrogen-bond acceptors (Lipinski definition) is 7. The van der Waals surface area contributed by atoms with Crippen LogP contribution in [0.1, 0.15) is 12.5 Å². The van der Waals surface area contributed by atoms with Gasteiger partial charge in [-0.15, -0.1) is 0 Å². The monoisotopic (exact) mass is 256 g/mol. The molecule has 102 valence electrons. The van der Waals surface area contributed by atoms with Crippen molar-refractivity contribution in [2.75, 3.05) is 37.0 Å². The second-order valence-electron chi connectivity index (χ2n) is 4.11. The number of aliphatic hydroxyl groups is 3. The summed E-state index contributed by atoms with van der Waals surface area (Å²) in [5.74, 6) is 1.15. The zero-order valence-corrected chi connectivity index (χ0v) is 10.6. The SMILES string of the molecule is CCNc1ncnc(NC(CO)(CO)CO)c1C. The van der Waals surface area contributed by atoms with Crippen molar-refractivity contribution in [1.82, 2.24) is 9.97 Å². The van der Waals surface area contributed by atoms with Crippen molar-refractivity contribution in [3.05, 3.63) is 11.9 Å². The fraction of sp³-hybridized carbons (Fsp3) is 0.636. The van der Waals surface area contributed by atoms with E-state index in [0.717, 1.165) is 12.1 Å². The van der Waals surface area contributed by atoms with E-state index < -0.39 is 25.4 Å². The fourth-order valence-corrected chi connectivity index (χ4v) is 1.44. The van der Waals surface area contributed by atoms with Crippen molar-refractivity contribution in [1.29, 1.82) is 0 Å². The molecule has 1 aromatic rings. The van der Waals surface area contributed by atoms with Crippen LogP contribution in [0.25, 0.3) is 0 Å². The lowest BCUT2D eigenvalue weighted by Crippen LogP contribution is -2.49. The molecule has 0 aliphatic carbocycles. The molecule has 0 bridgehead atoms. The Bertz CT molecular complexity index is 374. The summed E-state index contributed by atoms with van der Waals surface area (Å²) in [6.07, 6.45) is 1.38. The van der Waals surface area contributed by atoms with Crippen molar-refractivity contribution in [3.63, 3.8) is 0 Å². The maximum absolute atomic E-state index is 9.26. The van der Waals surface area contributed by atoms with Gasteiger partial charge in [-0.3, -0.25) is 0 Å². The van der Waals surface area contributed by atoms with Crippen LogP contribution in [0.5, 0.6) is 0 Å². The van der Waals surface area contributed by atoms with Crippen LogP contribution < -0.4 is 10.6 Å². The molecule has 0 amide bonds. The van der Waals surface area contributed by atoms with Crippen molar-refractivity contribution < 1.29 is 15.3 Å². The molecule has 5 N–H and O–H groups in total. The number of nitrogens with zero attached hydrogens (tertiary/aromatic N) is 2. The standard InChI is InChI=1S/C11H20N4O3/c1-3-12-9-8(2)10(14-7-13-9)15-11(4-16,5-17)6-18/h7,16-18H,3-6H2,1-2H3,(H2,12,13,14,15). The van der Waals surface area contributed by atoms with Crippen LogP contribution in [0.3, 0.4) is 0 Å². The molecule has 18 heavy (non-hydrogen) atoms. The van der Waals surface area contributed by atoms with E-state index in [4.69, 9.17) is 0 Å². The predicted molar refractivity (Wildman–Crippen MR) is 68.5 cm³/mol. The van der Waals surface area contributed by atoms with E-state index in [1.165, 1.54) is 6.33 Å². The first kappa shape index (κ1) is 14.6. The highest BCUT2D eigenvalue weighted by molar-refractivity contribution is 5.57. The molecular weight excluding hydrogens is 236 g/mol. The second kappa shape index (κ2) is 6.48. The lowest BCUT2D eigenvalue weighted by molar-refractivity contribution is 0.0830. The van der Waals surface area contributed by atoms with Gasteiger partial charge in [-0.25, -0.2) is 9.97 Å². The molecule has 0 saturated carbocycles. The van der Waals surface area contributed by atoms with Crippen LogP contribution in [0.15, 0.2) is 6.33 Å². The van der Waals surface area contributed by atoms with Crippen LogP contribution >= 0.6 is 0 Å². The van der Waals surface area contributed by atoms with Crippen LogP contribution in [0.2, 0.25) is 0 Å². The van der Waals surface area contributed by atoms with Gasteiger partial charge in [0.05, 0.1) is 19.8 Å². The number of aromatic nitrogens is 2. The molecule has 0 aromatic carbocycles. The van der Waals surface area contributed by atoms with Gasteiger partial charge in [0.1, 0.15) is 23.5 Å². The minimum absolute atomic E-state index is 0.403. The number of anilines is 2. The van der Waals surface area contributed by atoms with Gasteiger partial charge < -0.3 is 26.0 Å². The van der Waals surface area contributed by atoms with Gasteiger partial charge in [-0.05, 0) is 13.8 Å². The van der Waals surface area contributed by atoms with Gasteiger partial charge in [0.2, 0.25) is 0 Å². The Morgan fingerprint density at radius 3 is 2.17 bits per heavy atom. The highest BCUT2D eigenvalue weighted by Crippen LogP contribution is 2.21. The fourth-order valence-electron chi connectivity index (χ4n) is 1.44. The van der Waals surface area contributed by atoms with Gasteiger partial charge in [-0.1, -0.05) is 0 Å². The van der Waals surface area contributed by atoms with E-state index in [0.29, 0.717) is 11.6 Å². The van der Waals surface area contributed by atoms with Gasteiger partial charge in [0.15, 0.2) is 0 Å². The van der Waals surface area contributed by atoms with Crippen LogP contribution in [-0.4, -0.2) is 57.2 Å². The summed E-state index contributed by atoms with van der Waals surface area (Å²) in [5.41, 5.74) is -0.429. The van der Waals surface area contributed by atoms with E-state index in [2.05, 4.69) is 20.6 Å². The maximum atomic E-state index is 9.26. The molecule has 7 heteroatoms. The van der Waals surface area contributed by atoms with Crippen molar-refractivity contribution in [3.8, 4) is 0 Å². The third-order valence-corrected chi connectivity index (χ3v) is 2.72. The van der Waals surface area contributed by atoms with Crippen LogP contribution in [0.4, 0.5) is 11.6 Å². The summed E-state index contributed by atoms with van der Waals surface area (Å²) in [6.45, 7) is 3.29. The first-order valence-corrected chi connectivity index (χ1v) is 5.78. The van der Waals surface area contributed by atoms with E-state index in [-0.39, 0.29) is 0 Å². The third-order valence-electron chi connectivity index (χ3n) is 2.72. The summed E-state index contributed by atoms with van der Waals surface area (Å²) >= 11 is 0. The van der Waals surface area contributed by atoms with E-state index >= 15 is 0 Å². The third kappa shape index (κ3) is 3.06. The molecule has 0 saturated heterocycles. The summed E-state index contributed by atoms with van der Waals surface area (Å²) in [4.78, 5) is 8.14. The Balaban J connectivity index is 2.99. The number of rotatable bonds is 7. The maximum Gasteiger partial charge on any atom is 0.135 e. The zero-order chi connectivity index (χ0) is 13.6. The van der Waals surface area contributed by atoms with Gasteiger partial charge in [-0.2, -0.15) is 0 Å². The van der Waals surface area contributed by atoms with Gasteiger partial charge in [0, 0.05) is 12.1 Å². The lowest BCUT2D eigenvalue weighted by atomic mass is 10.0. The molecule has 0 aliphatic rings. The quantitative estimate of drug-likeness (QED) is 0.440. The minimum atomic E-state index is -1.19. The first-order valence-electron chi connectivity index (χ1n) is 5.78. The predicted octanol–water partition coefficient (Wildman–Crippen LogP) is -0.656. The Morgan fingerprint density at radius 1 is 1.11 bits per heavy atom. The summed E-state index contributed by atoms with van der Waals surface area (Å²) < 4.78 is 0. The number of hydrogen-bond donors (Lipinski definition) is 5. The van der Waals surface area contributed by atoms with E-state index in [9.17, 15) is 15.3 Å². The molecule has 0 spiro atoms. The topological polar surface area (TPSA) is 111 Å². The van der Waals surface area contributed by atoms with E-state index in [1.54, 1.807) is 0 Å². The largest absolute Gasteiger partial charge is 0.394 e. The molecule has 0 radical (unpaired) electrons. The molecule has 1 rings (SSSR count). The summed E-state index contributed by atoms with van der Waals surface area (Å²) in [6, 6.07) is 0. The summed E-state index contributed by atoms with van der Waals surface area (Å²) in [7, 11) is 0. The Labute approximate surface area is 106 Å². The number of nitrogens with one attached hydrogen (secondary N) is 2. The molecular formula is C11H20N4O3. The van der Waals surface area contributed by atoms with Crippen LogP contribution in [-0.2, 0) is 0 Å². The normalized spacial score (nSPS) is 11.4. The highest BCUT2D eigenvalue weighted by atomic mass is 16.3. The smallest absolute Gasteiger partial charge is 0.135 e. The zero-order valence-electron chi connectivity index (χ0n) is 10.6. The summed E-state index contributed by atoms with van der Waals surface area (Å²) in [5, 5.41) is 33.7. The molecule has 0 atom stereocenters. The Hall–Kier alpha value is -1.44. The van der Waals surface area contributed by atoms with Gasteiger partial charge in [0.25, 0.3) is 0 Å². The number of aliphatic hydroxyl groups excluding tert-OH is 3. The Morgan fingerprint density at radius 2 is 1.67 bits per heavy atom.